The van der Waals surface area contributed by atoms with E-state index < -0.39 is 17.5 Å². The number of anilines is 1. The number of carboxylic acids is 1. The number of carbonyl (C=O) groups excluding carboxylic acids is 1. The van der Waals surface area contributed by atoms with Crippen LogP contribution in [0.1, 0.15) is 27.2 Å². The van der Waals surface area contributed by atoms with Gasteiger partial charge in [0.1, 0.15) is 0 Å². The molecule has 20 heavy (non-hydrogen) atoms. The Bertz CT molecular complexity index is 548. The van der Waals surface area contributed by atoms with Crippen LogP contribution in [0.4, 0.5) is 5.69 Å². The molecule has 0 saturated heterocycles. The van der Waals surface area contributed by atoms with Gasteiger partial charge in [-0.3, -0.25) is 10.2 Å². The number of carbonyl (C=O) groups is 2. The highest BCUT2D eigenvalue weighted by Crippen LogP contribution is 2.19. The molecule has 0 spiro atoms. The lowest BCUT2D eigenvalue weighted by molar-refractivity contribution is -0.130. The summed E-state index contributed by atoms with van der Waals surface area (Å²) in [5.41, 5.74) is 2.41. The van der Waals surface area contributed by atoms with Crippen molar-refractivity contribution in [1.82, 2.24) is 0 Å². The summed E-state index contributed by atoms with van der Waals surface area (Å²) in [6, 6.07) is 7.07. The third-order valence-electron chi connectivity index (χ3n) is 2.28. The van der Waals surface area contributed by atoms with Crippen molar-refractivity contribution < 1.29 is 14.7 Å². The molecule has 6 heteroatoms. The summed E-state index contributed by atoms with van der Waals surface area (Å²) < 4.78 is 0.829. The second-order valence-corrected chi connectivity index (χ2v) is 6.46. The van der Waals surface area contributed by atoms with Crippen LogP contribution < -0.4 is 5.43 Å². The highest BCUT2D eigenvalue weighted by Gasteiger charge is 2.25. The first kappa shape index (κ1) is 16.4. The lowest BCUT2D eigenvalue weighted by Crippen LogP contribution is -2.28. The normalized spacial score (nSPS) is 12.1. The van der Waals surface area contributed by atoms with Crippen molar-refractivity contribution in [3.05, 3.63) is 28.7 Å². The SMILES string of the molecule is CC(C)(C)CC(=O)C(=NNc1cccc(Br)c1)C(=O)O. The predicted octanol–water partition coefficient (Wildman–Crippen LogP) is 3.31. The van der Waals surface area contributed by atoms with Gasteiger partial charge in [-0.15, -0.1) is 0 Å². The molecule has 1 aromatic carbocycles. The second kappa shape index (κ2) is 6.65. The fraction of sp³-hybridized carbons (Fsp3) is 0.357. The van der Waals surface area contributed by atoms with Gasteiger partial charge in [-0.2, -0.15) is 5.10 Å². The summed E-state index contributed by atoms with van der Waals surface area (Å²) in [7, 11) is 0. The molecule has 1 rings (SSSR count). The molecule has 0 bridgehead atoms. The Morgan fingerprint density at radius 2 is 2.00 bits per heavy atom. The number of hydrazone groups is 1. The summed E-state index contributed by atoms with van der Waals surface area (Å²) >= 11 is 3.30. The Hall–Kier alpha value is -1.69. The van der Waals surface area contributed by atoms with Gasteiger partial charge in [-0.1, -0.05) is 42.8 Å². The third-order valence-corrected chi connectivity index (χ3v) is 2.77. The van der Waals surface area contributed by atoms with Gasteiger partial charge in [0.15, 0.2) is 5.78 Å². The van der Waals surface area contributed by atoms with E-state index in [1.54, 1.807) is 18.2 Å². The molecule has 108 valence electrons. The van der Waals surface area contributed by atoms with Crippen LogP contribution in [0.5, 0.6) is 0 Å². The van der Waals surface area contributed by atoms with Gasteiger partial charge in [0.25, 0.3) is 0 Å². The Morgan fingerprint density at radius 1 is 1.35 bits per heavy atom. The lowest BCUT2D eigenvalue weighted by atomic mass is 9.88. The molecule has 0 unspecified atom stereocenters. The number of hydrogen-bond acceptors (Lipinski definition) is 4. The van der Waals surface area contributed by atoms with Gasteiger partial charge in [-0.05, 0) is 23.6 Å². The Morgan fingerprint density at radius 3 is 2.50 bits per heavy atom. The maximum absolute atomic E-state index is 11.9. The standard InChI is InChI=1S/C14H17BrN2O3/c1-14(2,3)8-11(18)12(13(19)20)17-16-10-6-4-5-9(15)7-10/h4-7,16H,8H2,1-3H3,(H,19,20). The van der Waals surface area contributed by atoms with Crippen molar-refractivity contribution in [2.45, 2.75) is 27.2 Å². The van der Waals surface area contributed by atoms with Crippen LogP contribution in [0.2, 0.25) is 0 Å². The fourth-order valence-electron chi connectivity index (χ4n) is 1.47. The van der Waals surface area contributed by atoms with Crippen LogP contribution >= 0.6 is 15.9 Å². The molecular weight excluding hydrogens is 324 g/mol. The molecule has 5 nitrogen and oxygen atoms in total. The number of hydrogen-bond donors (Lipinski definition) is 2. The minimum atomic E-state index is -1.33. The van der Waals surface area contributed by atoms with E-state index in [9.17, 15) is 9.59 Å². The fourth-order valence-corrected chi connectivity index (χ4v) is 1.87. The second-order valence-electron chi connectivity index (χ2n) is 5.55. The molecular formula is C14H17BrN2O3. The maximum atomic E-state index is 11.9. The van der Waals surface area contributed by atoms with E-state index in [4.69, 9.17) is 5.11 Å². The molecule has 0 radical (unpaired) electrons. The van der Waals surface area contributed by atoms with Crippen molar-refractivity contribution in [2.75, 3.05) is 5.43 Å². The number of benzene rings is 1. The van der Waals surface area contributed by atoms with Crippen LogP contribution in [-0.4, -0.2) is 22.6 Å². The zero-order chi connectivity index (χ0) is 15.3. The van der Waals surface area contributed by atoms with Crippen LogP contribution in [0.15, 0.2) is 33.8 Å². The van der Waals surface area contributed by atoms with Crippen molar-refractivity contribution >= 4 is 39.1 Å². The number of Topliss-reactive ketones (excluding diaryl/α,β-unsaturated/α-hetero) is 1. The van der Waals surface area contributed by atoms with Crippen molar-refractivity contribution in [3.63, 3.8) is 0 Å². The highest BCUT2D eigenvalue weighted by molar-refractivity contribution is 9.10. The molecule has 0 aliphatic carbocycles. The lowest BCUT2D eigenvalue weighted by Gasteiger charge is -2.16. The predicted molar refractivity (Wildman–Crippen MR) is 81.9 cm³/mol. The largest absolute Gasteiger partial charge is 0.476 e. The Labute approximate surface area is 126 Å². The summed E-state index contributed by atoms with van der Waals surface area (Å²) in [5, 5.41) is 12.8. The van der Waals surface area contributed by atoms with E-state index in [-0.39, 0.29) is 11.8 Å². The summed E-state index contributed by atoms with van der Waals surface area (Å²) in [4.78, 5) is 23.0. The Balaban J connectivity index is 2.88. The van der Waals surface area contributed by atoms with Crippen molar-refractivity contribution in [1.29, 1.82) is 0 Å². The van der Waals surface area contributed by atoms with Crippen molar-refractivity contribution in [2.24, 2.45) is 10.5 Å². The minimum absolute atomic E-state index is 0.123. The highest BCUT2D eigenvalue weighted by atomic mass is 79.9. The number of halogens is 1. The average Bonchev–Trinajstić information content (AvgIpc) is 2.26. The van der Waals surface area contributed by atoms with Gasteiger partial charge in [0.05, 0.1) is 5.69 Å². The average molecular weight is 341 g/mol. The van der Waals surface area contributed by atoms with E-state index in [0.717, 1.165) is 4.47 Å². The number of carboxylic acid groups (broad SMARTS) is 1. The molecule has 0 aliphatic heterocycles. The molecule has 0 atom stereocenters. The van der Waals surface area contributed by atoms with E-state index in [0.29, 0.717) is 5.69 Å². The molecule has 0 amide bonds. The van der Waals surface area contributed by atoms with Gasteiger partial charge < -0.3 is 5.11 Å². The zero-order valence-electron chi connectivity index (χ0n) is 11.6. The molecule has 0 aliphatic rings. The molecule has 2 N–H and O–H groups in total. The van der Waals surface area contributed by atoms with Crippen LogP contribution in [0.3, 0.4) is 0 Å². The number of rotatable bonds is 5. The first-order valence-electron chi connectivity index (χ1n) is 6.05. The Kier molecular flexibility index (Phi) is 5.44. The zero-order valence-corrected chi connectivity index (χ0v) is 13.2. The number of ketones is 1. The molecule has 0 heterocycles. The summed E-state index contributed by atoms with van der Waals surface area (Å²) in [5.74, 6) is -1.82. The van der Waals surface area contributed by atoms with Gasteiger partial charge in [0.2, 0.25) is 5.71 Å². The molecule has 0 aromatic heterocycles. The molecule has 0 saturated carbocycles. The third kappa shape index (κ3) is 5.52. The van der Waals surface area contributed by atoms with E-state index in [2.05, 4.69) is 26.5 Å². The van der Waals surface area contributed by atoms with Gasteiger partial charge in [0, 0.05) is 10.9 Å². The summed E-state index contributed by atoms with van der Waals surface area (Å²) in [6.45, 7) is 5.60. The maximum Gasteiger partial charge on any atom is 0.360 e. The number of aliphatic carboxylic acids is 1. The van der Waals surface area contributed by atoms with Crippen LogP contribution in [0.25, 0.3) is 0 Å². The first-order valence-corrected chi connectivity index (χ1v) is 6.84. The first-order chi connectivity index (χ1) is 9.19. The van der Waals surface area contributed by atoms with E-state index >= 15 is 0 Å². The van der Waals surface area contributed by atoms with Gasteiger partial charge >= 0.3 is 5.97 Å². The number of nitrogens with zero attached hydrogens (tertiary/aromatic N) is 1. The monoisotopic (exact) mass is 340 g/mol. The quantitative estimate of drug-likeness (QED) is 0.489. The van der Waals surface area contributed by atoms with Crippen LogP contribution in [0, 0.1) is 5.41 Å². The van der Waals surface area contributed by atoms with Crippen molar-refractivity contribution in [3.8, 4) is 0 Å². The van der Waals surface area contributed by atoms with Crippen LogP contribution in [-0.2, 0) is 9.59 Å². The topological polar surface area (TPSA) is 78.8 Å². The molecule has 1 aromatic rings. The number of nitrogens with one attached hydrogen (secondary N) is 1. The van der Waals surface area contributed by atoms with Gasteiger partial charge in [-0.25, -0.2) is 4.79 Å². The minimum Gasteiger partial charge on any atom is -0.476 e. The van der Waals surface area contributed by atoms with E-state index in [1.807, 2.05) is 26.8 Å². The molecule has 0 fully saturated rings. The smallest absolute Gasteiger partial charge is 0.360 e. The summed E-state index contributed by atoms with van der Waals surface area (Å²) in [6.07, 6.45) is 0.123. The van der Waals surface area contributed by atoms with E-state index in [1.165, 1.54) is 0 Å².